The zero-order valence-electron chi connectivity index (χ0n) is 20.0. The van der Waals surface area contributed by atoms with Gasteiger partial charge in [-0.25, -0.2) is 9.99 Å². The third kappa shape index (κ3) is 5.08. The number of fused-ring (bicyclic) bond motifs is 1. The number of halogens is 2. The third-order valence-corrected chi connectivity index (χ3v) is 7.28. The minimum absolute atomic E-state index is 0.00493. The van der Waals surface area contributed by atoms with Gasteiger partial charge >= 0.3 is 0 Å². The Balaban J connectivity index is 1.52. The predicted molar refractivity (Wildman–Crippen MR) is 133 cm³/mol. The van der Waals surface area contributed by atoms with Crippen LogP contribution in [0.25, 0.3) is 11.3 Å². The van der Waals surface area contributed by atoms with E-state index in [-0.39, 0.29) is 29.9 Å². The fourth-order valence-corrected chi connectivity index (χ4v) is 5.25. The van der Waals surface area contributed by atoms with Gasteiger partial charge in [-0.05, 0) is 44.9 Å². The Bertz CT molecular complexity index is 1120. The van der Waals surface area contributed by atoms with Crippen molar-refractivity contribution in [3.8, 4) is 11.3 Å². The summed E-state index contributed by atoms with van der Waals surface area (Å²) in [5.41, 5.74) is 0.453. The lowest BCUT2D eigenvalue weighted by molar-refractivity contribution is -0.176. The van der Waals surface area contributed by atoms with Crippen LogP contribution in [-0.4, -0.2) is 69.5 Å². The number of oxazole rings is 1. The first kappa shape index (κ1) is 26.4. The molecule has 2 aliphatic heterocycles. The number of hydrogen-bond donors (Lipinski definition) is 3. The fraction of sp³-hybridized carbons (Fsp3) is 0.500. The zero-order chi connectivity index (χ0) is 26.0. The SMILES string of the molecule is CCC(NC(=O)C1CCCN2C(=O)CCC(NC)C(=O)N12)C(O)c1ncc(-c2c(Cl)cccc2Cl)o1. The van der Waals surface area contributed by atoms with Gasteiger partial charge in [0.25, 0.3) is 5.91 Å². The number of hydrazine groups is 1. The molecule has 2 saturated heterocycles. The fourth-order valence-electron chi connectivity index (χ4n) is 4.67. The molecule has 10 nitrogen and oxygen atoms in total. The second-order valence-electron chi connectivity index (χ2n) is 8.87. The molecule has 4 rings (SSSR count). The van der Waals surface area contributed by atoms with Gasteiger partial charge in [-0.1, -0.05) is 36.2 Å². The van der Waals surface area contributed by atoms with Gasteiger partial charge in [0, 0.05) is 13.0 Å². The summed E-state index contributed by atoms with van der Waals surface area (Å²) in [5.74, 6) is -0.670. The minimum atomic E-state index is -1.26. The van der Waals surface area contributed by atoms with Gasteiger partial charge in [0.15, 0.2) is 11.9 Å². The highest BCUT2D eigenvalue weighted by Gasteiger charge is 2.44. The van der Waals surface area contributed by atoms with Crippen molar-refractivity contribution >= 4 is 40.9 Å². The number of hydrogen-bond acceptors (Lipinski definition) is 7. The lowest BCUT2D eigenvalue weighted by atomic mass is 10.0. The van der Waals surface area contributed by atoms with E-state index in [9.17, 15) is 19.5 Å². The summed E-state index contributed by atoms with van der Waals surface area (Å²) in [7, 11) is 1.66. The van der Waals surface area contributed by atoms with Crippen LogP contribution in [0, 0.1) is 0 Å². The molecule has 194 valence electrons. The van der Waals surface area contributed by atoms with Crippen LogP contribution in [-0.2, 0) is 14.4 Å². The first-order chi connectivity index (χ1) is 17.3. The number of amides is 3. The van der Waals surface area contributed by atoms with Crippen molar-refractivity contribution in [1.29, 1.82) is 0 Å². The second kappa shape index (κ2) is 11.2. The number of likely N-dealkylation sites (N-methyl/N-ethyl adjacent to an activating group) is 1. The predicted octanol–water partition coefficient (Wildman–Crippen LogP) is 2.69. The molecule has 4 atom stereocenters. The standard InChI is InChI=1S/C24H29Cl2N5O5/c1-3-15(21(33)23-28-12-18(36-23)20-13(25)6-4-7-14(20)26)29-22(34)17-8-5-11-30-19(32)10-9-16(27-2)24(35)31(17)30/h4,6-7,12,15-17,21,27,33H,3,5,8-11H2,1-2H3,(H,29,34). The minimum Gasteiger partial charge on any atom is -0.438 e. The first-order valence-corrected chi connectivity index (χ1v) is 12.7. The number of nitrogens with zero attached hydrogens (tertiary/aromatic N) is 3. The van der Waals surface area contributed by atoms with Gasteiger partial charge < -0.3 is 20.2 Å². The highest BCUT2D eigenvalue weighted by Crippen LogP contribution is 2.36. The maximum Gasteiger partial charge on any atom is 0.259 e. The number of rotatable bonds is 7. The molecule has 2 aliphatic rings. The van der Waals surface area contributed by atoms with Crippen LogP contribution in [0.15, 0.2) is 28.8 Å². The molecule has 2 aromatic rings. The van der Waals surface area contributed by atoms with Crippen molar-refractivity contribution in [3.05, 3.63) is 40.3 Å². The van der Waals surface area contributed by atoms with Crippen LogP contribution in [0.4, 0.5) is 0 Å². The highest BCUT2D eigenvalue weighted by atomic mass is 35.5. The lowest BCUT2D eigenvalue weighted by Crippen LogP contribution is -2.64. The Morgan fingerprint density at radius 2 is 2.00 bits per heavy atom. The lowest BCUT2D eigenvalue weighted by Gasteiger charge is -2.43. The average Bonchev–Trinajstić information content (AvgIpc) is 3.31. The molecule has 0 spiro atoms. The zero-order valence-corrected chi connectivity index (χ0v) is 21.6. The average molecular weight is 538 g/mol. The number of aliphatic hydroxyl groups is 1. The van der Waals surface area contributed by atoms with E-state index in [1.54, 1.807) is 32.2 Å². The Morgan fingerprint density at radius 1 is 1.28 bits per heavy atom. The summed E-state index contributed by atoms with van der Waals surface area (Å²) in [6.45, 7) is 2.18. The maximum absolute atomic E-state index is 13.4. The summed E-state index contributed by atoms with van der Waals surface area (Å²) in [6.07, 6.45) is 2.09. The molecule has 12 heteroatoms. The molecule has 0 radical (unpaired) electrons. The van der Waals surface area contributed by atoms with Crippen molar-refractivity contribution in [1.82, 2.24) is 25.6 Å². The Labute approximate surface area is 218 Å². The van der Waals surface area contributed by atoms with E-state index in [0.717, 1.165) is 0 Å². The molecule has 3 N–H and O–H groups in total. The van der Waals surface area contributed by atoms with Gasteiger partial charge in [0.1, 0.15) is 6.04 Å². The molecule has 36 heavy (non-hydrogen) atoms. The van der Waals surface area contributed by atoms with E-state index in [2.05, 4.69) is 15.6 Å². The Morgan fingerprint density at radius 3 is 2.67 bits per heavy atom. The molecule has 0 aliphatic carbocycles. The van der Waals surface area contributed by atoms with E-state index >= 15 is 0 Å². The van der Waals surface area contributed by atoms with Gasteiger partial charge in [-0.15, -0.1) is 0 Å². The highest BCUT2D eigenvalue weighted by molar-refractivity contribution is 6.39. The topological polar surface area (TPSA) is 128 Å². The molecule has 3 amide bonds. The molecule has 0 bridgehead atoms. The van der Waals surface area contributed by atoms with Crippen molar-refractivity contribution < 1.29 is 23.9 Å². The van der Waals surface area contributed by atoms with Gasteiger partial charge in [0.05, 0.1) is 33.9 Å². The number of aromatic nitrogens is 1. The monoisotopic (exact) mass is 537 g/mol. The number of nitrogens with one attached hydrogen (secondary N) is 2. The molecular weight excluding hydrogens is 509 g/mol. The molecule has 0 saturated carbocycles. The first-order valence-electron chi connectivity index (χ1n) is 12.0. The van der Waals surface area contributed by atoms with E-state index < -0.39 is 30.1 Å². The summed E-state index contributed by atoms with van der Waals surface area (Å²) in [6, 6.07) is 2.86. The van der Waals surface area contributed by atoms with Crippen LogP contribution < -0.4 is 10.6 Å². The number of carbonyl (C=O) groups excluding carboxylic acids is 3. The van der Waals surface area contributed by atoms with Crippen LogP contribution in [0.2, 0.25) is 10.0 Å². The normalized spacial score (nSPS) is 22.1. The van der Waals surface area contributed by atoms with Crippen LogP contribution >= 0.6 is 23.2 Å². The summed E-state index contributed by atoms with van der Waals surface area (Å²) < 4.78 is 5.76. The molecule has 2 fully saturated rings. The van der Waals surface area contributed by atoms with Gasteiger partial charge in [-0.2, -0.15) is 0 Å². The smallest absolute Gasteiger partial charge is 0.259 e. The van der Waals surface area contributed by atoms with E-state index in [1.165, 1.54) is 16.2 Å². The molecular formula is C24H29Cl2N5O5. The van der Waals surface area contributed by atoms with Crippen molar-refractivity contribution in [2.24, 2.45) is 0 Å². The Kier molecular flexibility index (Phi) is 8.19. The summed E-state index contributed by atoms with van der Waals surface area (Å²) in [4.78, 5) is 43.4. The summed E-state index contributed by atoms with van der Waals surface area (Å²) >= 11 is 12.5. The molecule has 4 unspecified atom stereocenters. The number of carbonyl (C=O) groups is 3. The van der Waals surface area contributed by atoms with E-state index in [1.807, 2.05) is 0 Å². The largest absolute Gasteiger partial charge is 0.438 e. The van der Waals surface area contributed by atoms with Gasteiger partial charge in [0.2, 0.25) is 17.7 Å². The van der Waals surface area contributed by atoms with Crippen molar-refractivity contribution in [2.75, 3.05) is 13.6 Å². The molecule has 3 heterocycles. The van der Waals surface area contributed by atoms with E-state index in [0.29, 0.717) is 47.8 Å². The van der Waals surface area contributed by atoms with Gasteiger partial charge in [-0.3, -0.25) is 19.4 Å². The van der Waals surface area contributed by atoms with Crippen LogP contribution in [0.1, 0.15) is 51.0 Å². The van der Waals surface area contributed by atoms with E-state index in [4.69, 9.17) is 27.6 Å². The molecule has 1 aromatic heterocycles. The van der Waals surface area contributed by atoms with Crippen molar-refractivity contribution in [3.63, 3.8) is 0 Å². The van der Waals surface area contributed by atoms with Crippen LogP contribution in [0.5, 0.6) is 0 Å². The number of benzene rings is 1. The quantitative estimate of drug-likeness (QED) is 0.495. The van der Waals surface area contributed by atoms with Crippen molar-refractivity contribution in [2.45, 2.75) is 63.3 Å². The summed E-state index contributed by atoms with van der Waals surface area (Å²) in [5, 5.41) is 20.2. The second-order valence-corrected chi connectivity index (χ2v) is 9.68. The number of aliphatic hydroxyl groups excluding tert-OH is 1. The maximum atomic E-state index is 13.4. The molecule has 1 aromatic carbocycles. The third-order valence-electron chi connectivity index (χ3n) is 6.65. The Hall–Kier alpha value is -2.66. The van der Waals surface area contributed by atoms with Crippen LogP contribution in [0.3, 0.4) is 0 Å².